The lowest BCUT2D eigenvalue weighted by Gasteiger charge is -2.16. The lowest BCUT2D eigenvalue weighted by molar-refractivity contribution is 0.102. The zero-order valence-corrected chi connectivity index (χ0v) is 14.3. The topological polar surface area (TPSA) is 54.0 Å². The summed E-state index contributed by atoms with van der Waals surface area (Å²) in [5, 5.41) is 5.44. The number of anilines is 2. The molecule has 0 saturated heterocycles. The quantitative estimate of drug-likeness (QED) is 0.626. The fourth-order valence-electron chi connectivity index (χ4n) is 2.53. The van der Waals surface area contributed by atoms with Crippen LogP contribution >= 0.6 is 0 Å². The average molecular weight is 371 g/mol. The minimum atomic E-state index is -1.65. The van der Waals surface area contributed by atoms with E-state index in [0.717, 1.165) is 17.7 Å². The molecule has 0 aliphatic carbocycles. The van der Waals surface area contributed by atoms with Crippen LogP contribution in [0.3, 0.4) is 0 Å². The van der Waals surface area contributed by atoms with Gasteiger partial charge in [0.2, 0.25) is 0 Å². The number of amides is 1. The Morgan fingerprint density at radius 1 is 1.00 bits per heavy atom. The van der Waals surface area contributed by atoms with Gasteiger partial charge in [0.15, 0.2) is 17.5 Å². The Balaban J connectivity index is 1.75. The summed E-state index contributed by atoms with van der Waals surface area (Å²) < 4.78 is 40.0. The number of hydrogen-bond donors (Lipinski definition) is 2. The molecule has 0 aliphatic rings. The van der Waals surface area contributed by atoms with Crippen LogP contribution in [0.2, 0.25) is 0 Å². The summed E-state index contributed by atoms with van der Waals surface area (Å²) in [4.78, 5) is 16.2. The van der Waals surface area contributed by atoms with Gasteiger partial charge in [-0.05, 0) is 36.8 Å². The molecule has 3 aromatic rings. The maximum absolute atomic E-state index is 13.7. The molecule has 0 aliphatic heterocycles. The summed E-state index contributed by atoms with van der Waals surface area (Å²) in [6.45, 7) is 1.96. The smallest absolute Gasteiger partial charge is 0.274 e. The zero-order chi connectivity index (χ0) is 19.4. The Kier molecular flexibility index (Phi) is 5.40. The van der Waals surface area contributed by atoms with Crippen LogP contribution in [-0.2, 0) is 0 Å². The molecule has 27 heavy (non-hydrogen) atoms. The standard InChI is InChI=1S/C20H16F3N3O/c1-12(13-5-3-2-4-6-13)25-14-9-10-24-17(11-14)20(27)26-16-8-7-15(21)18(22)19(16)23/h2-12H,1H3,(H,24,25)(H,26,27). The van der Waals surface area contributed by atoms with Crippen molar-refractivity contribution in [2.75, 3.05) is 10.6 Å². The maximum Gasteiger partial charge on any atom is 0.274 e. The Morgan fingerprint density at radius 3 is 2.48 bits per heavy atom. The van der Waals surface area contributed by atoms with E-state index in [1.54, 1.807) is 6.07 Å². The predicted octanol–water partition coefficient (Wildman–Crippen LogP) is 4.92. The minimum absolute atomic E-state index is 0.00407. The zero-order valence-electron chi connectivity index (χ0n) is 14.3. The second-order valence-corrected chi connectivity index (χ2v) is 5.88. The number of halogens is 3. The fourth-order valence-corrected chi connectivity index (χ4v) is 2.53. The number of benzene rings is 2. The van der Waals surface area contributed by atoms with Crippen LogP contribution in [0.1, 0.15) is 29.0 Å². The highest BCUT2D eigenvalue weighted by Crippen LogP contribution is 2.22. The molecule has 4 nitrogen and oxygen atoms in total. The van der Waals surface area contributed by atoms with Crippen LogP contribution in [0.15, 0.2) is 60.8 Å². The molecule has 1 aromatic heterocycles. The largest absolute Gasteiger partial charge is 0.378 e. The molecule has 2 N–H and O–H groups in total. The van der Waals surface area contributed by atoms with Crippen molar-refractivity contribution in [1.82, 2.24) is 4.98 Å². The maximum atomic E-state index is 13.7. The third-order valence-corrected chi connectivity index (χ3v) is 3.96. The molecule has 1 heterocycles. The molecule has 0 bridgehead atoms. The van der Waals surface area contributed by atoms with Crippen LogP contribution in [0, 0.1) is 17.5 Å². The molecule has 138 valence electrons. The van der Waals surface area contributed by atoms with Crippen molar-refractivity contribution < 1.29 is 18.0 Å². The van der Waals surface area contributed by atoms with Gasteiger partial charge in [-0.2, -0.15) is 0 Å². The summed E-state index contributed by atoms with van der Waals surface area (Å²) >= 11 is 0. The molecule has 0 fully saturated rings. The summed E-state index contributed by atoms with van der Waals surface area (Å²) in [7, 11) is 0. The van der Waals surface area contributed by atoms with Crippen molar-refractivity contribution in [2.45, 2.75) is 13.0 Å². The molecule has 2 aromatic carbocycles. The van der Waals surface area contributed by atoms with Crippen LogP contribution in [0.4, 0.5) is 24.5 Å². The molecule has 0 radical (unpaired) electrons. The lowest BCUT2D eigenvalue weighted by atomic mass is 10.1. The molecule has 0 spiro atoms. The third-order valence-electron chi connectivity index (χ3n) is 3.96. The minimum Gasteiger partial charge on any atom is -0.378 e. The highest BCUT2D eigenvalue weighted by Gasteiger charge is 2.17. The van der Waals surface area contributed by atoms with Crippen molar-refractivity contribution in [1.29, 1.82) is 0 Å². The average Bonchev–Trinajstić information content (AvgIpc) is 2.69. The number of nitrogens with zero attached hydrogens (tertiary/aromatic N) is 1. The van der Waals surface area contributed by atoms with Gasteiger partial charge in [0.1, 0.15) is 5.69 Å². The van der Waals surface area contributed by atoms with Gasteiger partial charge in [-0.15, -0.1) is 0 Å². The van der Waals surface area contributed by atoms with E-state index in [1.165, 1.54) is 12.3 Å². The molecular formula is C20H16F3N3O. The SMILES string of the molecule is CC(Nc1ccnc(C(=O)Nc2ccc(F)c(F)c2F)c1)c1ccccc1. The summed E-state index contributed by atoms with van der Waals surface area (Å²) in [6, 6.07) is 14.6. The number of pyridine rings is 1. The first-order chi connectivity index (χ1) is 13.0. The van der Waals surface area contributed by atoms with Gasteiger partial charge in [0.25, 0.3) is 5.91 Å². The Hall–Kier alpha value is -3.35. The molecular weight excluding hydrogens is 355 g/mol. The van der Waals surface area contributed by atoms with E-state index in [4.69, 9.17) is 0 Å². The van der Waals surface area contributed by atoms with E-state index in [0.29, 0.717) is 5.69 Å². The molecule has 1 unspecified atom stereocenters. The van der Waals surface area contributed by atoms with E-state index < -0.39 is 29.0 Å². The fraction of sp³-hybridized carbons (Fsp3) is 0.100. The third kappa shape index (κ3) is 4.25. The van der Waals surface area contributed by atoms with E-state index in [1.807, 2.05) is 37.3 Å². The molecule has 3 rings (SSSR count). The highest BCUT2D eigenvalue weighted by molar-refractivity contribution is 6.03. The van der Waals surface area contributed by atoms with Crippen molar-refractivity contribution in [3.8, 4) is 0 Å². The first-order valence-corrected chi connectivity index (χ1v) is 8.18. The van der Waals surface area contributed by atoms with Crippen molar-refractivity contribution >= 4 is 17.3 Å². The first-order valence-electron chi connectivity index (χ1n) is 8.18. The van der Waals surface area contributed by atoms with Crippen molar-refractivity contribution in [3.05, 3.63) is 89.5 Å². The number of aromatic nitrogens is 1. The summed E-state index contributed by atoms with van der Waals surface area (Å²) in [5.41, 5.74) is 1.24. The van der Waals surface area contributed by atoms with E-state index in [9.17, 15) is 18.0 Å². The predicted molar refractivity (Wildman–Crippen MR) is 97.0 cm³/mol. The van der Waals surface area contributed by atoms with Gasteiger partial charge >= 0.3 is 0 Å². The van der Waals surface area contributed by atoms with Crippen molar-refractivity contribution in [2.24, 2.45) is 0 Å². The van der Waals surface area contributed by atoms with Crippen LogP contribution in [0.25, 0.3) is 0 Å². The van der Waals surface area contributed by atoms with Crippen LogP contribution in [0.5, 0.6) is 0 Å². The Bertz CT molecular complexity index is 964. The normalized spacial score (nSPS) is 11.7. The lowest BCUT2D eigenvalue weighted by Crippen LogP contribution is -2.16. The molecule has 1 amide bonds. The molecule has 0 saturated carbocycles. The van der Waals surface area contributed by atoms with Gasteiger partial charge in [-0.1, -0.05) is 30.3 Å². The van der Waals surface area contributed by atoms with Gasteiger partial charge in [0, 0.05) is 17.9 Å². The van der Waals surface area contributed by atoms with Gasteiger partial charge < -0.3 is 10.6 Å². The van der Waals surface area contributed by atoms with Gasteiger partial charge in [0.05, 0.1) is 5.69 Å². The van der Waals surface area contributed by atoms with Gasteiger partial charge in [-0.25, -0.2) is 13.2 Å². The molecule has 1 atom stereocenters. The molecule has 7 heteroatoms. The number of carbonyl (C=O) groups is 1. The monoisotopic (exact) mass is 371 g/mol. The number of nitrogens with one attached hydrogen (secondary N) is 2. The second-order valence-electron chi connectivity index (χ2n) is 5.88. The van der Waals surface area contributed by atoms with Crippen molar-refractivity contribution in [3.63, 3.8) is 0 Å². The number of rotatable bonds is 5. The van der Waals surface area contributed by atoms with Crippen LogP contribution < -0.4 is 10.6 Å². The van der Waals surface area contributed by atoms with Gasteiger partial charge in [-0.3, -0.25) is 9.78 Å². The number of hydrogen-bond acceptors (Lipinski definition) is 3. The summed E-state index contributed by atoms with van der Waals surface area (Å²) in [6.07, 6.45) is 1.43. The number of carbonyl (C=O) groups excluding carboxylic acids is 1. The first kappa shape index (κ1) is 18.4. The second kappa shape index (κ2) is 7.90. The van der Waals surface area contributed by atoms with E-state index in [-0.39, 0.29) is 11.7 Å². The summed E-state index contributed by atoms with van der Waals surface area (Å²) in [5.74, 6) is -5.18. The Labute approximate surface area is 154 Å². The van der Waals surface area contributed by atoms with E-state index in [2.05, 4.69) is 15.6 Å². The van der Waals surface area contributed by atoms with E-state index >= 15 is 0 Å². The van der Waals surface area contributed by atoms with Crippen LogP contribution in [-0.4, -0.2) is 10.9 Å². The highest BCUT2D eigenvalue weighted by atomic mass is 19.2. The Morgan fingerprint density at radius 2 is 1.74 bits per heavy atom.